The highest BCUT2D eigenvalue weighted by atomic mass is 16.5. The third-order valence-electron chi connectivity index (χ3n) is 5.90. The van der Waals surface area contributed by atoms with Crippen LogP contribution in [0.25, 0.3) is 0 Å². The number of guanidine groups is 1. The molecule has 0 aromatic heterocycles. The van der Waals surface area contributed by atoms with Crippen molar-refractivity contribution >= 4 is 17.6 Å². The number of rotatable bonds is 6. The average Bonchev–Trinajstić information content (AvgIpc) is 2.73. The number of hydrogen-bond acceptors (Lipinski definition) is 5. The van der Waals surface area contributed by atoms with Crippen molar-refractivity contribution in [1.82, 2.24) is 4.90 Å². The van der Waals surface area contributed by atoms with Crippen LogP contribution >= 0.6 is 0 Å². The summed E-state index contributed by atoms with van der Waals surface area (Å²) in [6, 6.07) is 15.5. The summed E-state index contributed by atoms with van der Waals surface area (Å²) in [5.41, 5.74) is 13.8. The van der Waals surface area contributed by atoms with E-state index in [-0.39, 0.29) is 11.9 Å². The number of benzene rings is 2. The van der Waals surface area contributed by atoms with Crippen LogP contribution in [0.5, 0.6) is 11.5 Å². The molecule has 29 heavy (non-hydrogen) atoms. The topological polar surface area (TPSA) is 93.9 Å². The second kappa shape index (κ2) is 8.55. The standard InChI is InChI=1S/C23H28N4O2/c24-22(28)14-21(16-7-3-1-4-8-16)27-15-17-13-19(11-12-20(17)26-23(27)25)29-18-9-5-2-6-10-18/h2,5-6,9-13,16,21H,1,3-4,7-8,14-15H2,(H2,24,28)(H2,25,26). The maximum Gasteiger partial charge on any atom is 0.219 e. The van der Waals surface area contributed by atoms with Gasteiger partial charge in [-0.05, 0) is 49.1 Å². The van der Waals surface area contributed by atoms with Crippen molar-refractivity contribution in [2.75, 3.05) is 0 Å². The zero-order valence-electron chi connectivity index (χ0n) is 16.6. The predicted octanol–water partition coefficient (Wildman–Crippen LogP) is 4.07. The average molecular weight is 393 g/mol. The molecule has 152 valence electrons. The monoisotopic (exact) mass is 392 g/mol. The van der Waals surface area contributed by atoms with Crippen LogP contribution < -0.4 is 16.2 Å². The Labute approximate surface area is 171 Å². The first-order valence-electron chi connectivity index (χ1n) is 10.3. The number of carbonyl (C=O) groups excluding carboxylic acids is 1. The summed E-state index contributed by atoms with van der Waals surface area (Å²) < 4.78 is 5.98. The Bertz CT molecular complexity index is 891. The fraction of sp³-hybridized carbons (Fsp3) is 0.391. The molecule has 1 atom stereocenters. The maximum atomic E-state index is 11.8. The molecule has 2 aromatic carbocycles. The summed E-state index contributed by atoms with van der Waals surface area (Å²) in [5.74, 6) is 2.13. The van der Waals surface area contributed by atoms with E-state index < -0.39 is 0 Å². The summed E-state index contributed by atoms with van der Waals surface area (Å²) in [6.45, 7) is 0.602. The molecule has 2 aromatic rings. The van der Waals surface area contributed by atoms with Gasteiger partial charge in [-0.2, -0.15) is 0 Å². The van der Waals surface area contributed by atoms with Gasteiger partial charge < -0.3 is 21.1 Å². The third kappa shape index (κ3) is 4.53. The van der Waals surface area contributed by atoms with Crippen LogP contribution in [0.2, 0.25) is 0 Å². The Morgan fingerprint density at radius 1 is 1.10 bits per heavy atom. The van der Waals surface area contributed by atoms with Gasteiger partial charge in [-0.15, -0.1) is 0 Å². The molecule has 1 amide bonds. The van der Waals surface area contributed by atoms with Crippen LogP contribution in [0.15, 0.2) is 53.5 Å². The lowest BCUT2D eigenvalue weighted by molar-refractivity contribution is -0.119. The molecule has 6 heteroatoms. The number of ether oxygens (including phenoxy) is 1. The van der Waals surface area contributed by atoms with Crippen LogP contribution in [0, 0.1) is 5.92 Å². The molecule has 1 fully saturated rings. The molecule has 1 unspecified atom stereocenters. The summed E-state index contributed by atoms with van der Waals surface area (Å²) in [5, 5.41) is 0. The molecule has 6 nitrogen and oxygen atoms in total. The highest BCUT2D eigenvalue weighted by Gasteiger charge is 2.33. The van der Waals surface area contributed by atoms with E-state index in [1.807, 2.05) is 48.5 Å². The number of amides is 1. The lowest BCUT2D eigenvalue weighted by Crippen LogP contribution is -2.50. The van der Waals surface area contributed by atoms with Crippen LogP contribution in [0.4, 0.5) is 5.69 Å². The molecule has 0 saturated heterocycles. The van der Waals surface area contributed by atoms with E-state index in [1.54, 1.807) is 0 Å². The number of primary amides is 1. The Balaban J connectivity index is 1.58. The fourth-order valence-corrected chi connectivity index (χ4v) is 4.48. The SMILES string of the molecule is NC(=O)CC(C1CCCCC1)N1Cc2cc(Oc3ccccc3)ccc2N=C1N. The molecular formula is C23H28N4O2. The van der Waals surface area contributed by atoms with Gasteiger partial charge >= 0.3 is 0 Å². The molecule has 1 aliphatic heterocycles. The van der Waals surface area contributed by atoms with E-state index in [1.165, 1.54) is 19.3 Å². The molecule has 0 spiro atoms. The first-order valence-corrected chi connectivity index (χ1v) is 10.3. The Kier molecular flexibility index (Phi) is 5.69. The number of nitrogens with zero attached hydrogens (tertiary/aromatic N) is 2. The number of fused-ring (bicyclic) bond motifs is 1. The van der Waals surface area contributed by atoms with Crippen molar-refractivity contribution in [2.24, 2.45) is 22.4 Å². The second-order valence-corrected chi connectivity index (χ2v) is 7.94. The van der Waals surface area contributed by atoms with Crippen molar-refractivity contribution in [1.29, 1.82) is 0 Å². The normalized spacial score (nSPS) is 17.9. The highest BCUT2D eigenvalue weighted by Crippen LogP contribution is 2.36. The number of para-hydroxylation sites is 1. The van der Waals surface area contributed by atoms with Gasteiger partial charge in [0.05, 0.1) is 5.69 Å². The summed E-state index contributed by atoms with van der Waals surface area (Å²) in [4.78, 5) is 18.5. The first-order chi connectivity index (χ1) is 14.1. The molecule has 4 N–H and O–H groups in total. The Hall–Kier alpha value is -3.02. The van der Waals surface area contributed by atoms with E-state index in [0.29, 0.717) is 24.8 Å². The van der Waals surface area contributed by atoms with Crippen LogP contribution in [-0.2, 0) is 11.3 Å². The molecule has 1 aliphatic carbocycles. The molecule has 2 aliphatic rings. The second-order valence-electron chi connectivity index (χ2n) is 7.94. The predicted molar refractivity (Wildman–Crippen MR) is 114 cm³/mol. The molecular weight excluding hydrogens is 364 g/mol. The van der Waals surface area contributed by atoms with Gasteiger partial charge in [-0.3, -0.25) is 4.79 Å². The van der Waals surface area contributed by atoms with Gasteiger partial charge in [0.1, 0.15) is 11.5 Å². The highest BCUT2D eigenvalue weighted by molar-refractivity contribution is 5.85. The van der Waals surface area contributed by atoms with Gasteiger partial charge in [-0.1, -0.05) is 37.5 Å². The number of aliphatic imine (C=N–C) groups is 1. The van der Waals surface area contributed by atoms with Gasteiger partial charge in [0, 0.05) is 24.6 Å². The molecule has 0 radical (unpaired) electrons. The lowest BCUT2D eigenvalue weighted by Gasteiger charge is -2.40. The van der Waals surface area contributed by atoms with Crippen molar-refractivity contribution in [3.05, 3.63) is 54.1 Å². The Morgan fingerprint density at radius 3 is 2.59 bits per heavy atom. The smallest absolute Gasteiger partial charge is 0.219 e. The van der Waals surface area contributed by atoms with Crippen molar-refractivity contribution in [3.63, 3.8) is 0 Å². The quantitative estimate of drug-likeness (QED) is 0.775. The molecule has 1 heterocycles. The zero-order chi connectivity index (χ0) is 20.2. The van der Waals surface area contributed by atoms with Gasteiger partial charge in [-0.25, -0.2) is 4.99 Å². The van der Waals surface area contributed by atoms with Gasteiger partial charge in [0.15, 0.2) is 5.96 Å². The van der Waals surface area contributed by atoms with E-state index in [4.69, 9.17) is 16.2 Å². The zero-order valence-corrected chi connectivity index (χ0v) is 16.6. The molecule has 1 saturated carbocycles. The summed E-state index contributed by atoms with van der Waals surface area (Å²) >= 11 is 0. The lowest BCUT2D eigenvalue weighted by atomic mass is 9.81. The summed E-state index contributed by atoms with van der Waals surface area (Å²) in [6.07, 6.45) is 6.15. The van der Waals surface area contributed by atoms with E-state index in [2.05, 4.69) is 9.89 Å². The number of hydrogen-bond donors (Lipinski definition) is 2. The minimum absolute atomic E-state index is 0.0107. The summed E-state index contributed by atoms with van der Waals surface area (Å²) in [7, 11) is 0. The first kappa shape index (κ1) is 19.3. The van der Waals surface area contributed by atoms with Crippen molar-refractivity contribution < 1.29 is 9.53 Å². The molecule has 4 rings (SSSR count). The van der Waals surface area contributed by atoms with Crippen molar-refractivity contribution in [3.8, 4) is 11.5 Å². The third-order valence-corrected chi connectivity index (χ3v) is 5.90. The Morgan fingerprint density at radius 2 is 1.86 bits per heavy atom. The maximum absolute atomic E-state index is 11.8. The number of carbonyl (C=O) groups is 1. The van der Waals surface area contributed by atoms with Gasteiger partial charge in [0.2, 0.25) is 5.91 Å². The molecule has 0 bridgehead atoms. The van der Waals surface area contributed by atoms with E-state index >= 15 is 0 Å². The van der Waals surface area contributed by atoms with Crippen LogP contribution in [0.1, 0.15) is 44.1 Å². The van der Waals surface area contributed by atoms with E-state index in [0.717, 1.165) is 35.6 Å². The number of nitrogens with two attached hydrogens (primary N) is 2. The van der Waals surface area contributed by atoms with Crippen LogP contribution in [-0.4, -0.2) is 22.8 Å². The van der Waals surface area contributed by atoms with Gasteiger partial charge in [0.25, 0.3) is 0 Å². The largest absolute Gasteiger partial charge is 0.457 e. The fourth-order valence-electron chi connectivity index (χ4n) is 4.48. The minimum Gasteiger partial charge on any atom is -0.457 e. The minimum atomic E-state index is -0.291. The van der Waals surface area contributed by atoms with Crippen molar-refractivity contribution in [2.45, 2.75) is 51.1 Å². The van der Waals surface area contributed by atoms with E-state index in [9.17, 15) is 4.79 Å². The van der Waals surface area contributed by atoms with Crippen LogP contribution in [0.3, 0.4) is 0 Å².